The second-order valence-corrected chi connectivity index (χ2v) is 8.75. The molecule has 32 heavy (non-hydrogen) atoms. The summed E-state index contributed by atoms with van der Waals surface area (Å²) in [6.45, 7) is 14.1. The number of rotatable bonds is 7. The number of halogens is 1. The van der Waals surface area contributed by atoms with Crippen LogP contribution in [0.25, 0.3) is 4.85 Å². The van der Waals surface area contributed by atoms with Gasteiger partial charge in [-0.1, -0.05) is 25.1 Å². The molecule has 166 valence electrons. The Kier molecular flexibility index (Phi) is 6.75. The molecule has 0 bridgehead atoms. The monoisotopic (exact) mass is 451 g/mol. The number of aryl methyl sites for hydroxylation is 1. The van der Waals surface area contributed by atoms with E-state index >= 15 is 4.39 Å². The van der Waals surface area contributed by atoms with Crippen LogP contribution >= 0.6 is 12.2 Å². The number of hydrogen-bond donors (Lipinski definition) is 0. The first-order valence-electron chi connectivity index (χ1n) is 10.6. The number of ketones is 1. The number of nitrogens with zero attached hydrogens (tertiary/aromatic N) is 3. The van der Waals surface area contributed by atoms with Gasteiger partial charge in [-0.25, -0.2) is 9.24 Å². The Morgan fingerprint density at radius 1 is 1.19 bits per heavy atom. The number of carbonyl (C=O) groups is 2. The smallest absolute Gasteiger partial charge is 0.259 e. The third-order valence-corrected chi connectivity index (χ3v) is 6.24. The van der Waals surface area contributed by atoms with Crippen molar-refractivity contribution in [2.75, 3.05) is 9.80 Å². The highest BCUT2D eigenvalue weighted by atomic mass is 32.1. The molecule has 0 aromatic heterocycles. The Balaban J connectivity index is 1.88. The number of thiocarbonyl (C=S) groups is 1. The highest BCUT2D eigenvalue weighted by Gasteiger charge is 2.50. The van der Waals surface area contributed by atoms with Crippen LogP contribution in [0, 0.1) is 19.3 Å². The SMILES string of the molecule is [C-]#[N+]c1ccc(N2C(=O)C(C)(C)N(c3ccc(CCCC(=O)CC)cc3)C2=S)c(F)c1C. The molecule has 0 radical (unpaired) electrons. The summed E-state index contributed by atoms with van der Waals surface area (Å²) >= 11 is 5.63. The van der Waals surface area contributed by atoms with Crippen LogP contribution in [0.3, 0.4) is 0 Å². The van der Waals surface area contributed by atoms with Crippen molar-refractivity contribution in [1.29, 1.82) is 0 Å². The molecule has 1 aliphatic heterocycles. The lowest BCUT2D eigenvalue weighted by atomic mass is 10.0. The van der Waals surface area contributed by atoms with Gasteiger partial charge in [0.1, 0.15) is 17.1 Å². The molecule has 0 unspecified atom stereocenters. The summed E-state index contributed by atoms with van der Waals surface area (Å²) < 4.78 is 15.0. The van der Waals surface area contributed by atoms with Crippen LogP contribution in [0.2, 0.25) is 0 Å². The van der Waals surface area contributed by atoms with E-state index in [1.54, 1.807) is 18.7 Å². The standard InChI is InChI=1S/C25H26FN3O2S/c1-6-19(30)9-7-8-17-10-12-18(13-11-17)29-24(32)28(23(31)25(29,3)4)21-15-14-20(27-5)16(2)22(21)26/h10-15H,6-9H2,1-4H3. The predicted molar refractivity (Wildman–Crippen MR) is 129 cm³/mol. The number of Topliss-reactive ketones (excluding diaryl/α,β-unsaturated/α-hetero) is 1. The molecular formula is C25H26FN3O2S. The van der Waals surface area contributed by atoms with Crippen molar-refractivity contribution in [3.05, 3.63) is 64.8 Å². The van der Waals surface area contributed by atoms with Crippen molar-refractivity contribution in [3.8, 4) is 0 Å². The van der Waals surface area contributed by atoms with Gasteiger partial charge in [0.05, 0.1) is 12.3 Å². The van der Waals surface area contributed by atoms with Crippen LogP contribution < -0.4 is 9.80 Å². The van der Waals surface area contributed by atoms with E-state index in [0.29, 0.717) is 12.8 Å². The van der Waals surface area contributed by atoms with Gasteiger partial charge < -0.3 is 4.90 Å². The van der Waals surface area contributed by atoms with Crippen molar-refractivity contribution in [3.63, 3.8) is 0 Å². The van der Waals surface area contributed by atoms with E-state index in [2.05, 4.69) is 4.85 Å². The van der Waals surface area contributed by atoms with Gasteiger partial charge in [-0.2, -0.15) is 0 Å². The third kappa shape index (κ3) is 4.15. The fourth-order valence-corrected chi connectivity index (χ4v) is 4.39. The first-order valence-corrected chi connectivity index (χ1v) is 11.0. The molecule has 1 fully saturated rings. The maximum atomic E-state index is 15.0. The van der Waals surface area contributed by atoms with E-state index in [-0.39, 0.29) is 33.7 Å². The molecule has 0 atom stereocenters. The number of amides is 1. The Morgan fingerprint density at radius 2 is 1.84 bits per heavy atom. The van der Waals surface area contributed by atoms with Gasteiger partial charge in [0.15, 0.2) is 10.8 Å². The minimum atomic E-state index is -1.01. The third-order valence-electron chi connectivity index (χ3n) is 5.88. The fourth-order valence-electron chi connectivity index (χ4n) is 3.87. The Hall–Kier alpha value is -3.11. The lowest BCUT2D eigenvalue weighted by Gasteiger charge is -2.29. The summed E-state index contributed by atoms with van der Waals surface area (Å²) in [5.41, 5.74) is 1.27. The summed E-state index contributed by atoms with van der Waals surface area (Å²) in [5.74, 6) is -0.696. The van der Waals surface area contributed by atoms with Crippen molar-refractivity contribution in [2.45, 2.75) is 58.9 Å². The van der Waals surface area contributed by atoms with Crippen LogP contribution in [-0.2, 0) is 16.0 Å². The van der Waals surface area contributed by atoms with Crippen molar-refractivity contribution in [1.82, 2.24) is 0 Å². The van der Waals surface area contributed by atoms with E-state index in [1.807, 2.05) is 31.2 Å². The molecular weight excluding hydrogens is 425 g/mol. The normalized spacial score (nSPS) is 15.2. The minimum Gasteiger partial charge on any atom is -0.304 e. The Bertz CT molecular complexity index is 1120. The van der Waals surface area contributed by atoms with Crippen molar-refractivity contribution in [2.24, 2.45) is 0 Å². The maximum Gasteiger partial charge on any atom is 0.259 e. The fraction of sp³-hybridized carbons (Fsp3) is 0.360. The first-order chi connectivity index (χ1) is 15.1. The summed E-state index contributed by atoms with van der Waals surface area (Å²) in [4.78, 5) is 31.0. The molecule has 1 heterocycles. The second-order valence-electron chi connectivity index (χ2n) is 8.38. The number of hydrogen-bond acceptors (Lipinski definition) is 3. The summed E-state index contributed by atoms with van der Waals surface area (Å²) in [7, 11) is 0. The van der Waals surface area contributed by atoms with Crippen molar-refractivity contribution >= 4 is 46.1 Å². The number of benzene rings is 2. The van der Waals surface area contributed by atoms with E-state index in [1.165, 1.54) is 24.0 Å². The van der Waals surface area contributed by atoms with Crippen molar-refractivity contribution < 1.29 is 14.0 Å². The predicted octanol–water partition coefficient (Wildman–Crippen LogP) is 5.90. The van der Waals surface area contributed by atoms with Gasteiger partial charge in [-0.15, -0.1) is 0 Å². The van der Waals surface area contributed by atoms with E-state index < -0.39 is 11.4 Å². The molecule has 0 saturated carbocycles. The van der Waals surface area contributed by atoms with Gasteiger partial charge in [-0.3, -0.25) is 14.5 Å². The zero-order valence-electron chi connectivity index (χ0n) is 18.7. The lowest BCUT2D eigenvalue weighted by Crippen LogP contribution is -2.44. The molecule has 2 aromatic rings. The van der Waals surface area contributed by atoms with Gasteiger partial charge in [0.2, 0.25) is 0 Å². The van der Waals surface area contributed by atoms with E-state index in [4.69, 9.17) is 18.8 Å². The van der Waals surface area contributed by atoms with Crippen LogP contribution in [0.4, 0.5) is 21.5 Å². The first kappa shape index (κ1) is 23.6. The maximum absolute atomic E-state index is 15.0. The Labute approximate surface area is 193 Å². The summed E-state index contributed by atoms with van der Waals surface area (Å²) in [5, 5.41) is 0.190. The van der Waals surface area contributed by atoms with Gasteiger partial charge in [0.25, 0.3) is 5.91 Å². The molecule has 0 N–H and O–H groups in total. The topological polar surface area (TPSA) is 45.0 Å². The van der Waals surface area contributed by atoms with Crippen LogP contribution in [0.5, 0.6) is 0 Å². The quantitative estimate of drug-likeness (QED) is 0.388. The largest absolute Gasteiger partial charge is 0.304 e. The van der Waals surface area contributed by atoms with Crippen LogP contribution in [0.15, 0.2) is 36.4 Å². The average Bonchev–Trinajstić information content (AvgIpc) is 2.94. The highest BCUT2D eigenvalue weighted by Crippen LogP contribution is 2.39. The summed E-state index contributed by atoms with van der Waals surface area (Å²) in [6, 6.07) is 10.7. The molecule has 7 heteroatoms. The van der Waals surface area contributed by atoms with E-state index in [0.717, 1.165) is 24.1 Å². The van der Waals surface area contributed by atoms with Crippen LogP contribution in [-0.4, -0.2) is 22.3 Å². The van der Waals surface area contributed by atoms with Gasteiger partial charge in [-0.05, 0) is 75.2 Å². The molecule has 2 aromatic carbocycles. The highest BCUT2D eigenvalue weighted by molar-refractivity contribution is 7.81. The zero-order valence-corrected chi connectivity index (χ0v) is 19.6. The zero-order chi connectivity index (χ0) is 23.6. The minimum absolute atomic E-state index is 0.0534. The van der Waals surface area contributed by atoms with E-state index in [9.17, 15) is 9.59 Å². The molecule has 0 spiro atoms. The molecule has 5 nitrogen and oxygen atoms in total. The molecule has 1 amide bonds. The summed E-state index contributed by atoms with van der Waals surface area (Å²) in [6.07, 6.45) is 2.72. The average molecular weight is 452 g/mol. The molecule has 0 aliphatic carbocycles. The molecule has 3 rings (SSSR count). The van der Waals surface area contributed by atoms with Crippen LogP contribution in [0.1, 0.15) is 51.2 Å². The van der Waals surface area contributed by atoms with Gasteiger partial charge in [0, 0.05) is 18.5 Å². The molecule has 1 aliphatic rings. The second kappa shape index (κ2) is 9.17. The number of carbonyl (C=O) groups excluding carboxylic acids is 2. The lowest BCUT2D eigenvalue weighted by molar-refractivity contribution is -0.120. The molecule has 1 saturated heterocycles. The van der Waals surface area contributed by atoms with Gasteiger partial charge >= 0.3 is 0 Å². The number of anilines is 2. The Morgan fingerprint density at radius 3 is 2.44 bits per heavy atom.